The normalized spacial score (nSPS) is 22.3. The number of benzene rings is 1. The Hall–Kier alpha value is -7.02. The zero-order valence-corrected chi connectivity index (χ0v) is 53.1. The van der Waals surface area contributed by atoms with Crippen LogP contribution in [0.1, 0.15) is 124 Å². The number of hydrogen-bond donors (Lipinski definition) is 20. The van der Waals surface area contributed by atoms with Crippen LogP contribution in [0.3, 0.4) is 0 Å². The average Bonchev–Trinajstić information content (AvgIpc) is 1.33. The molecule has 1 fully saturated rings. The Kier molecular flexibility index (Phi) is 38.6. The third kappa shape index (κ3) is 32.1. The Morgan fingerprint density at radius 2 is 1.04 bits per heavy atom. The fourth-order valence-electron chi connectivity index (χ4n) is 9.12. The first-order valence-corrected chi connectivity index (χ1v) is 31.6. The van der Waals surface area contributed by atoms with Crippen LogP contribution in [-0.2, 0) is 69.6 Å². The Labute approximate surface area is 525 Å². The van der Waals surface area contributed by atoms with Gasteiger partial charge in [0.2, 0.25) is 65.0 Å². The van der Waals surface area contributed by atoms with E-state index in [9.17, 15) is 63.0 Å². The predicted octanol–water partition coefficient (Wildman–Crippen LogP) is -5.90. The Bertz CT molecular complexity index is 2560. The van der Waals surface area contributed by atoms with Crippen LogP contribution in [0.2, 0.25) is 0 Å². The number of amides is 11. The van der Waals surface area contributed by atoms with E-state index in [1.54, 1.807) is 44.2 Å². The highest BCUT2D eigenvalue weighted by molar-refractivity contribution is 7.79. The second kappa shape index (κ2) is 42.9. The van der Waals surface area contributed by atoms with Gasteiger partial charge in [0.05, 0.1) is 12.2 Å². The first-order chi connectivity index (χ1) is 42.3. The Morgan fingerprint density at radius 3 is 1.52 bits per heavy atom. The largest absolute Gasteiger partial charge is 0.394 e. The van der Waals surface area contributed by atoms with Crippen molar-refractivity contribution in [3.63, 3.8) is 0 Å². The molecule has 1 aromatic rings. The summed E-state index contributed by atoms with van der Waals surface area (Å²) in [6.45, 7) is 9.00. The smallest absolute Gasteiger partial charge is 0.391 e. The molecule has 0 spiro atoms. The van der Waals surface area contributed by atoms with Gasteiger partial charge in [-0.15, -0.1) is 0 Å². The van der Waals surface area contributed by atoms with Crippen molar-refractivity contribution in [1.82, 2.24) is 58.5 Å². The molecular formula is C56H100N16O17S. The minimum Gasteiger partial charge on any atom is -0.391 e. The van der Waals surface area contributed by atoms with Crippen LogP contribution >= 0.6 is 0 Å². The van der Waals surface area contributed by atoms with Crippen molar-refractivity contribution in [3.8, 4) is 0 Å². The number of rotatable bonds is 29. The molecule has 0 aromatic heterocycles. The highest BCUT2D eigenvalue weighted by atomic mass is 32.3. The number of carbonyl (C=O) groups is 11. The zero-order valence-electron chi connectivity index (χ0n) is 52.3. The van der Waals surface area contributed by atoms with E-state index < -0.39 is 161 Å². The van der Waals surface area contributed by atoms with Crippen LogP contribution in [0, 0.1) is 11.8 Å². The lowest BCUT2D eigenvalue weighted by Gasteiger charge is -2.29. The quantitative estimate of drug-likeness (QED) is 0.0262. The third-order valence-electron chi connectivity index (χ3n) is 14.3. The molecule has 0 saturated carbocycles. The summed E-state index contributed by atoms with van der Waals surface area (Å²) in [6, 6.07) is -6.23. The van der Waals surface area contributed by atoms with Crippen molar-refractivity contribution in [2.24, 2.45) is 40.5 Å². The second-order valence-electron chi connectivity index (χ2n) is 22.5. The topological polar surface area (TPSA) is 565 Å². The SMILES string of the molecule is CCC(C)CCCCC(=O)N[C@@H](CCN)C(=O)N[C@H](C(=O)N[C@@H](CCN)C(=O)NC1CCNC(=O)C([C@@H](C)O)NC(=O)[C@H](CCN)NC(=O)[C@H](CCN)NC(=O)[C@H](CC(C)C)NC(=O)[C@@H](Cc2ccccc2)NC(=O)C(CCN)NC1=O)[C@@H](C)O.O=S(=O)(O)O. The van der Waals surface area contributed by atoms with Gasteiger partial charge in [0.25, 0.3) is 0 Å². The number of nitrogens with one attached hydrogen (secondary N) is 11. The summed E-state index contributed by atoms with van der Waals surface area (Å²) in [7, 11) is -4.67. The standard InChI is InChI=1S/C56H98N16O13.H2O4S/c1-7-32(4)13-11-12-16-44(75)63-36(17-23-57)51(80)72-46(34(6)74)56(85)68-39(20-26-60)48(77)67-41-22-28-62-55(84)45(33(5)73)71-52(81)40(21-27-61)65-47(76)37(18-24-58)66-53(82)42(29-31(2)3)69-54(83)43(30-35-14-9-8-10-15-35)70-49(78)38(19-25-59)64-50(41)79;1-5(2,3)4/h8-10,14-15,31-34,36-43,45-46,73-74H,7,11-13,16-30,57-61H2,1-6H3,(H,62,84)(H,63,75)(H,64,79)(H,65,76)(H,66,82)(H,67,77)(H,68,85)(H,69,83)(H,70,78)(H,71,81)(H,72,80);(H2,1,2,3,4)/t32?,33-,34-,36+,37+,38?,39+,40+,41?,42+,43-,45?,46+;/m1./s1. The van der Waals surface area contributed by atoms with Crippen molar-refractivity contribution in [2.75, 3.05) is 39.3 Å². The molecule has 0 bridgehead atoms. The highest BCUT2D eigenvalue weighted by Gasteiger charge is 2.37. The molecule has 33 nitrogen and oxygen atoms in total. The van der Waals surface area contributed by atoms with Crippen LogP contribution in [0.5, 0.6) is 0 Å². The third-order valence-corrected chi connectivity index (χ3v) is 14.3. The molecule has 2 rings (SSSR count). The lowest BCUT2D eigenvalue weighted by molar-refractivity contribution is -0.137. The molecule has 11 amide bonds. The fourth-order valence-corrected chi connectivity index (χ4v) is 9.12. The monoisotopic (exact) mass is 1300 g/mol. The molecule has 1 heterocycles. The lowest BCUT2D eigenvalue weighted by Crippen LogP contribution is -2.62. The Balaban J connectivity index is 0.00000776. The number of nitrogens with two attached hydrogens (primary N) is 5. The molecule has 0 radical (unpaired) electrons. The zero-order chi connectivity index (χ0) is 68.3. The van der Waals surface area contributed by atoms with E-state index in [1.807, 2.05) is 0 Å². The molecule has 512 valence electrons. The van der Waals surface area contributed by atoms with Crippen LogP contribution in [-0.4, -0.2) is 205 Å². The summed E-state index contributed by atoms with van der Waals surface area (Å²) >= 11 is 0. The van der Waals surface area contributed by atoms with E-state index in [4.69, 9.17) is 46.2 Å². The van der Waals surface area contributed by atoms with Crippen LogP contribution < -0.4 is 87.2 Å². The minimum atomic E-state index is -4.67. The maximum atomic E-state index is 14.5. The average molecular weight is 1300 g/mol. The molecule has 1 aromatic carbocycles. The van der Waals surface area contributed by atoms with E-state index in [1.165, 1.54) is 13.8 Å². The number of aliphatic hydroxyl groups is 2. The lowest BCUT2D eigenvalue weighted by atomic mass is 10.00. The summed E-state index contributed by atoms with van der Waals surface area (Å²) in [4.78, 5) is 154. The molecular weight excluding hydrogens is 1200 g/mol. The van der Waals surface area contributed by atoms with Gasteiger partial charge in [-0.3, -0.25) is 61.8 Å². The van der Waals surface area contributed by atoms with Crippen LogP contribution in [0.25, 0.3) is 0 Å². The van der Waals surface area contributed by atoms with E-state index in [-0.39, 0.29) is 90.0 Å². The molecule has 25 N–H and O–H groups in total. The molecule has 4 unspecified atom stereocenters. The van der Waals surface area contributed by atoms with Gasteiger partial charge in [0, 0.05) is 19.4 Å². The number of carbonyl (C=O) groups excluding carboxylic acids is 11. The van der Waals surface area contributed by atoms with Gasteiger partial charge < -0.3 is 97.4 Å². The van der Waals surface area contributed by atoms with Gasteiger partial charge >= 0.3 is 10.4 Å². The molecule has 1 aliphatic heterocycles. The molecule has 13 atom stereocenters. The van der Waals surface area contributed by atoms with Crippen molar-refractivity contribution >= 4 is 75.4 Å². The van der Waals surface area contributed by atoms with Gasteiger partial charge in [0.1, 0.15) is 60.4 Å². The van der Waals surface area contributed by atoms with E-state index >= 15 is 0 Å². The molecule has 90 heavy (non-hydrogen) atoms. The van der Waals surface area contributed by atoms with E-state index in [2.05, 4.69) is 72.3 Å². The fraction of sp³-hybridized carbons (Fsp3) is 0.696. The molecule has 1 aliphatic rings. The van der Waals surface area contributed by atoms with Crippen molar-refractivity contribution in [1.29, 1.82) is 0 Å². The van der Waals surface area contributed by atoms with Gasteiger partial charge in [-0.2, -0.15) is 8.42 Å². The summed E-state index contributed by atoms with van der Waals surface area (Å²) < 4.78 is 31.6. The molecule has 34 heteroatoms. The van der Waals surface area contributed by atoms with Crippen molar-refractivity contribution in [2.45, 2.75) is 198 Å². The van der Waals surface area contributed by atoms with Gasteiger partial charge in [-0.05, 0) is 115 Å². The summed E-state index contributed by atoms with van der Waals surface area (Å²) in [5, 5.41) is 49.7. The maximum absolute atomic E-state index is 14.5. The highest BCUT2D eigenvalue weighted by Crippen LogP contribution is 2.14. The number of unbranched alkanes of at least 4 members (excludes halogenated alkanes) is 1. The van der Waals surface area contributed by atoms with Crippen molar-refractivity contribution < 1.29 is 80.5 Å². The molecule has 1 saturated heterocycles. The number of aliphatic hydroxyl groups excluding tert-OH is 2. The van der Waals surface area contributed by atoms with Crippen molar-refractivity contribution in [3.05, 3.63) is 35.9 Å². The Morgan fingerprint density at radius 1 is 0.578 bits per heavy atom. The first kappa shape index (κ1) is 81.0. The van der Waals surface area contributed by atoms with Crippen LogP contribution in [0.4, 0.5) is 0 Å². The van der Waals surface area contributed by atoms with Gasteiger partial charge in [-0.25, -0.2) is 0 Å². The van der Waals surface area contributed by atoms with Crippen LogP contribution in [0.15, 0.2) is 30.3 Å². The van der Waals surface area contributed by atoms with E-state index in [0.717, 1.165) is 19.3 Å². The summed E-state index contributed by atoms with van der Waals surface area (Å²) in [5.74, 6) is -9.45. The van der Waals surface area contributed by atoms with E-state index in [0.29, 0.717) is 17.9 Å². The molecule has 0 aliphatic carbocycles. The first-order valence-electron chi connectivity index (χ1n) is 30.2. The summed E-state index contributed by atoms with van der Waals surface area (Å²) in [6.07, 6.45) is -1.05. The van der Waals surface area contributed by atoms with Gasteiger partial charge in [-0.1, -0.05) is 77.3 Å². The number of hydrogen-bond acceptors (Lipinski definition) is 20. The summed E-state index contributed by atoms with van der Waals surface area (Å²) in [5.41, 5.74) is 29.9. The second-order valence-corrected chi connectivity index (χ2v) is 23.4. The minimum absolute atomic E-state index is 0.0173. The predicted molar refractivity (Wildman–Crippen MR) is 330 cm³/mol. The van der Waals surface area contributed by atoms with Gasteiger partial charge in [0.15, 0.2) is 0 Å². The maximum Gasteiger partial charge on any atom is 0.394 e.